The Balaban J connectivity index is 1.95. The lowest BCUT2D eigenvalue weighted by molar-refractivity contribution is -0.144. The number of aliphatic carboxylic acids is 1. The number of halogens is 1. The van der Waals surface area contributed by atoms with E-state index in [1.54, 1.807) is 43.5 Å². The number of rotatable bonds is 8. The van der Waals surface area contributed by atoms with Crippen LogP contribution in [-0.4, -0.2) is 40.2 Å². The normalized spacial score (nSPS) is 12.3. The van der Waals surface area contributed by atoms with Gasteiger partial charge < -0.3 is 14.6 Å². The highest BCUT2D eigenvalue weighted by Crippen LogP contribution is 2.34. The molecule has 8 nitrogen and oxygen atoms in total. The summed E-state index contributed by atoms with van der Waals surface area (Å²) in [6, 6.07) is 15.7. The van der Waals surface area contributed by atoms with Crippen LogP contribution in [0.1, 0.15) is 43.4 Å². The van der Waals surface area contributed by atoms with Gasteiger partial charge in [-0.05, 0) is 73.4 Å². The first-order valence-corrected chi connectivity index (χ1v) is 12.4. The Labute approximate surface area is 225 Å². The zero-order valence-corrected chi connectivity index (χ0v) is 22.5. The maximum atomic E-state index is 13.7. The lowest BCUT2D eigenvalue weighted by Gasteiger charge is -2.17. The van der Waals surface area contributed by atoms with Gasteiger partial charge in [-0.15, -0.1) is 0 Å². The number of fused-ring (bicyclic) bond motifs is 1. The summed E-state index contributed by atoms with van der Waals surface area (Å²) in [5.41, 5.74) is 3.16. The van der Waals surface area contributed by atoms with Crippen molar-refractivity contribution in [1.82, 2.24) is 9.66 Å². The molecule has 0 saturated heterocycles. The SMILES string of the molecule is COc1cc(C)c(-c2nc3ccccc3c(=O)n2N=Cc2cc(Cl)ccc2O[C@@H](C)C(=O)O)cc1C(C)C. The van der Waals surface area contributed by atoms with Crippen molar-refractivity contribution < 1.29 is 19.4 Å². The quantitative estimate of drug-likeness (QED) is 0.283. The molecule has 0 radical (unpaired) electrons. The third-order valence-corrected chi connectivity index (χ3v) is 6.36. The summed E-state index contributed by atoms with van der Waals surface area (Å²) in [7, 11) is 1.63. The standard InChI is InChI=1S/C29H28ClN3O5/c1-16(2)22-14-23(17(3)12-26(22)37-5)27-32-24-9-7-6-8-21(24)28(34)33(27)31-15-19-13-20(30)10-11-25(19)38-18(4)29(35)36/h6-16,18H,1-5H3,(H,35,36)/t18-/m0/s1. The van der Waals surface area contributed by atoms with Gasteiger partial charge >= 0.3 is 5.97 Å². The van der Waals surface area contributed by atoms with Crippen LogP contribution in [0, 0.1) is 6.92 Å². The highest BCUT2D eigenvalue weighted by molar-refractivity contribution is 6.30. The van der Waals surface area contributed by atoms with E-state index in [-0.39, 0.29) is 17.2 Å². The molecule has 0 aliphatic carbocycles. The molecule has 0 unspecified atom stereocenters. The highest BCUT2D eigenvalue weighted by Gasteiger charge is 2.19. The number of carboxylic acid groups (broad SMARTS) is 1. The first-order valence-electron chi connectivity index (χ1n) is 12.0. The number of aromatic nitrogens is 2. The highest BCUT2D eigenvalue weighted by atomic mass is 35.5. The molecule has 4 rings (SSSR count). The van der Waals surface area contributed by atoms with E-state index in [4.69, 9.17) is 26.1 Å². The molecule has 3 aromatic carbocycles. The molecular formula is C29H28ClN3O5. The summed E-state index contributed by atoms with van der Waals surface area (Å²) in [5, 5.41) is 14.6. The number of carboxylic acids is 1. The van der Waals surface area contributed by atoms with E-state index in [9.17, 15) is 14.7 Å². The van der Waals surface area contributed by atoms with Crippen molar-refractivity contribution >= 4 is 34.7 Å². The van der Waals surface area contributed by atoms with Crippen molar-refractivity contribution in [3.05, 3.63) is 86.7 Å². The number of para-hydroxylation sites is 1. The van der Waals surface area contributed by atoms with Gasteiger partial charge in [-0.25, -0.2) is 9.78 Å². The van der Waals surface area contributed by atoms with E-state index in [1.165, 1.54) is 17.8 Å². The maximum Gasteiger partial charge on any atom is 0.344 e. The Hall–Kier alpha value is -4.17. The molecule has 0 spiro atoms. The van der Waals surface area contributed by atoms with E-state index in [2.05, 4.69) is 18.9 Å². The molecule has 0 amide bonds. The van der Waals surface area contributed by atoms with Crippen LogP contribution >= 0.6 is 11.6 Å². The first-order chi connectivity index (χ1) is 18.1. The molecule has 4 aromatic rings. The molecular weight excluding hydrogens is 506 g/mol. The van der Waals surface area contributed by atoms with Gasteiger partial charge in [0.1, 0.15) is 11.5 Å². The van der Waals surface area contributed by atoms with Crippen LogP contribution in [0.2, 0.25) is 5.02 Å². The average molecular weight is 534 g/mol. The van der Waals surface area contributed by atoms with E-state index in [0.717, 1.165) is 22.4 Å². The summed E-state index contributed by atoms with van der Waals surface area (Å²) in [6.45, 7) is 7.48. The number of carbonyl (C=O) groups is 1. The van der Waals surface area contributed by atoms with Gasteiger partial charge in [0, 0.05) is 16.1 Å². The predicted octanol–water partition coefficient (Wildman–Crippen LogP) is 5.89. The molecule has 38 heavy (non-hydrogen) atoms. The van der Waals surface area contributed by atoms with Gasteiger partial charge in [-0.3, -0.25) is 4.79 Å². The summed E-state index contributed by atoms with van der Waals surface area (Å²) in [6.07, 6.45) is 0.319. The van der Waals surface area contributed by atoms with Crippen molar-refractivity contribution in [1.29, 1.82) is 0 Å². The van der Waals surface area contributed by atoms with Crippen LogP contribution in [-0.2, 0) is 4.79 Å². The third kappa shape index (κ3) is 5.40. The van der Waals surface area contributed by atoms with Gasteiger partial charge in [0.15, 0.2) is 11.9 Å². The molecule has 0 bridgehead atoms. The number of ether oxygens (including phenoxy) is 2. The van der Waals surface area contributed by atoms with Crippen LogP contribution in [0.25, 0.3) is 22.3 Å². The molecule has 9 heteroatoms. The van der Waals surface area contributed by atoms with E-state index >= 15 is 0 Å². The molecule has 0 aliphatic rings. The third-order valence-electron chi connectivity index (χ3n) is 6.13. The number of benzene rings is 3. The Morgan fingerprint density at radius 1 is 1.11 bits per heavy atom. The van der Waals surface area contributed by atoms with Crippen LogP contribution in [0.5, 0.6) is 11.5 Å². The topological polar surface area (TPSA) is 103 Å². The Morgan fingerprint density at radius 2 is 1.84 bits per heavy atom. The predicted molar refractivity (Wildman–Crippen MR) is 149 cm³/mol. The van der Waals surface area contributed by atoms with Crippen LogP contribution in [0.15, 0.2) is 64.5 Å². The molecule has 0 fully saturated rings. The zero-order chi connectivity index (χ0) is 27.6. The molecule has 1 N–H and O–H groups in total. The summed E-state index contributed by atoms with van der Waals surface area (Å²) >= 11 is 6.20. The Kier molecular flexibility index (Phi) is 7.83. The number of nitrogens with zero attached hydrogens (tertiary/aromatic N) is 3. The minimum Gasteiger partial charge on any atom is -0.496 e. The number of hydrogen-bond acceptors (Lipinski definition) is 6. The monoisotopic (exact) mass is 533 g/mol. The lowest BCUT2D eigenvalue weighted by Crippen LogP contribution is -2.23. The number of aryl methyl sites for hydroxylation is 1. The van der Waals surface area contributed by atoms with Crippen molar-refractivity contribution in [2.45, 2.75) is 39.7 Å². The number of methoxy groups -OCH3 is 1. The van der Waals surface area contributed by atoms with Gasteiger partial charge in [-0.1, -0.05) is 37.6 Å². The fraction of sp³-hybridized carbons (Fsp3) is 0.241. The average Bonchev–Trinajstić information content (AvgIpc) is 2.89. The Morgan fingerprint density at radius 3 is 2.53 bits per heavy atom. The van der Waals surface area contributed by atoms with Crippen LogP contribution in [0.3, 0.4) is 0 Å². The minimum atomic E-state index is -1.11. The first kappa shape index (κ1) is 26.9. The molecule has 0 saturated carbocycles. The smallest absolute Gasteiger partial charge is 0.344 e. The van der Waals surface area contributed by atoms with Gasteiger partial charge in [0.25, 0.3) is 5.56 Å². The number of hydrogen-bond donors (Lipinski definition) is 1. The molecule has 0 aliphatic heterocycles. The second kappa shape index (κ2) is 11.1. The fourth-order valence-corrected chi connectivity index (χ4v) is 4.24. The van der Waals surface area contributed by atoms with E-state index in [0.29, 0.717) is 27.3 Å². The van der Waals surface area contributed by atoms with Crippen molar-refractivity contribution in [2.75, 3.05) is 7.11 Å². The van der Waals surface area contributed by atoms with Gasteiger partial charge in [0.05, 0.1) is 24.2 Å². The molecule has 1 heterocycles. The van der Waals surface area contributed by atoms with E-state index in [1.807, 2.05) is 25.1 Å². The largest absolute Gasteiger partial charge is 0.496 e. The van der Waals surface area contributed by atoms with E-state index < -0.39 is 12.1 Å². The minimum absolute atomic E-state index is 0.163. The Bertz CT molecular complexity index is 1610. The zero-order valence-electron chi connectivity index (χ0n) is 21.7. The second-order valence-corrected chi connectivity index (χ2v) is 9.59. The second-order valence-electron chi connectivity index (χ2n) is 9.16. The lowest BCUT2D eigenvalue weighted by atomic mass is 9.96. The summed E-state index contributed by atoms with van der Waals surface area (Å²) in [4.78, 5) is 29.8. The molecule has 1 atom stereocenters. The summed E-state index contributed by atoms with van der Waals surface area (Å²) in [5.74, 6) is 0.425. The van der Waals surface area contributed by atoms with Crippen molar-refractivity contribution in [3.63, 3.8) is 0 Å². The molecule has 196 valence electrons. The van der Waals surface area contributed by atoms with Crippen molar-refractivity contribution in [3.8, 4) is 22.9 Å². The van der Waals surface area contributed by atoms with Crippen LogP contribution in [0.4, 0.5) is 0 Å². The molecule has 1 aromatic heterocycles. The fourth-order valence-electron chi connectivity index (χ4n) is 4.06. The van der Waals surface area contributed by atoms with Gasteiger partial charge in [-0.2, -0.15) is 9.78 Å². The van der Waals surface area contributed by atoms with Crippen molar-refractivity contribution in [2.24, 2.45) is 5.10 Å². The summed E-state index contributed by atoms with van der Waals surface area (Å²) < 4.78 is 12.4. The maximum absolute atomic E-state index is 13.7. The van der Waals surface area contributed by atoms with Crippen LogP contribution < -0.4 is 15.0 Å². The van der Waals surface area contributed by atoms with Gasteiger partial charge in [0.2, 0.25) is 0 Å².